The van der Waals surface area contributed by atoms with E-state index in [1.54, 1.807) is 29.2 Å². The predicted octanol–water partition coefficient (Wildman–Crippen LogP) is 3.36. The van der Waals surface area contributed by atoms with Gasteiger partial charge in [-0.25, -0.2) is 0 Å². The molecule has 2 aliphatic heterocycles. The van der Waals surface area contributed by atoms with Gasteiger partial charge in [-0.3, -0.25) is 9.59 Å². The number of hydrogen-bond acceptors (Lipinski definition) is 3. The highest BCUT2D eigenvalue weighted by Gasteiger charge is 2.42. The summed E-state index contributed by atoms with van der Waals surface area (Å²) < 4.78 is 5.39. The Morgan fingerprint density at radius 3 is 2.24 bits per heavy atom. The van der Waals surface area contributed by atoms with Crippen molar-refractivity contribution in [3.8, 4) is 0 Å². The van der Waals surface area contributed by atoms with Crippen molar-refractivity contribution in [2.24, 2.45) is 5.92 Å². The molecule has 2 heterocycles. The average Bonchev–Trinajstić information content (AvgIpc) is 3.20. The molecule has 2 amide bonds. The van der Waals surface area contributed by atoms with E-state index in [9.17, 15) is 9.59 Å². The van der Waals surface area contributed by atoms with Gasteiger partial charge in [0.1, 0.15) is 0 Å². The van der Waals surface area contributed by atoms with Crippen LogP contribution in [0.5, 0.6) is 0 Å². The van der Waals surface area contributed by atoms with Gasteiger partial charge < -0.3 is 14.5 Å². The maximum atomic E-state index is 13.3. The number of amides is 2. The van der Waals surface area contributed by atoms with Crippen molar-refractivity contribution in [1.29, 1.82) is 0 Å². The first kappa shape index (κ1) is 19.9. The van der Waals surface area contributed by atoms with Gasteiger partial charge >= 0.3 is 0 Å². The molecule has 0 aliphatic carbocycles. The molecule has 0 radical (unpaired) electrons. The first-order valence-corrected chi connectivity index (χ1v) is 10.4. The van der Waals surface area contributed by atoms with E-state index in [0.717, 1.165) is 5.56 Å². The average molecular weight is 413 g/mol. The maximum Gasteiger partial charge on any atom is 0.253 e. The second kappa shape index (κ2) is 8.56. The first-order chi connectivity index (χ1) is 14.0. The molecular formula is C23H25ClN2O3. The summed E-state index contributed by atoms with van der Waals surface area (Å²) in [5.74, 6) is -0.199. The lowest BCUT2D eigenvalue weighted by Crippen LogP contribution is -2.45. The van der Waals surface area contributed by atoms with Crippen LogP contribution in [0.4, 0.5) is 0 Å². The van der Waals surface area contributed by atoms with Crippen LogP contribution < -0.4 is 0 Å². The molecule has 4 rings (SSSR count). The molecule has 0 aromatic heterocycles. The Labute approximate surface area is 176 Å². The van der Waals surface area contributed by atoms with Crippen LogP contribution in [-0.2, 0) is 9.53 Å². The second-order valence-corrected chi connectivity index (χ2v) is 8.21. The van der Waals surface area contributed by atoms with Gasteiger partial charge in [0.15, 0.2) is 0 Å². The summed E-state index contributed by atoms with van der Waals surface area (Å²) in [5.41, 5.74) is 2.88. The van der Waals surface area contributed by atoms with Gasteiger partial charge in [0.05, 0.1) is 19.1 Å². The van der Waals surface area contributed by atoms with Gasteiger partial charge in [-0.2, -0.15) is 0 Å². The summed E-state index contributed by atoms with van der Waals surface area (Å²) in [4.78, 5) is 30.1. The monoisotopic (exact) mass is 412 g/mol. The molecule has 29 heavy (non-hydrogen) atoms. The molecule has 2 aliphatic rings. The molecule has 0 bridgehead atoms. The molecule has 5 nitrogen and oxygen atoms in total. The minimum atomic E-state index is -0.243. The fourth-order valence-corrected chi connectivity index (χ4v) is 4.29. The number of halogens is 1. The molecule has 0 N–H and O–H groups in total. The van der Waals surface area contributed by atoms with E-state index >= 15 is 0 Å². The zero-order valence-corrected chi connectivity index (χ0v) is 17.3. The van der Waals surface area contributed by atoms with E-state index < -0.39 is 0 Å². The molecule has 6 heteroatoms. The number of rotatable bonds is 3. The van der Waals surface area contributed by atoms with Gasteiger partial charge in [-0.1, -0.05) is 41.4 Å². The van der Waals surface area contributed by atoms with Gasteiger partial charge in [0, 0.05) is 42.7 Å². The molecular weight excluding hydrogens is 388 g/mol. The number of carbonyl (C=O) groups excluding carboxylic acids is 2. The summed E-state index contributed by atoms with van der Waals surface area (Å²) in [7, 11) is 0. The zero-order valence-electron chi connectivity index (χ0n) is 16.5. The summed E-state index contributed by atoms with van der Waals surface area (Å²) >= 11 is 5.96. The molecule has 0 saturated carbocycles. The number of hydrogen-bond donors (Lipinski definition) is 0. The minimum Gasteiger partial charge on any atom is -0.378 e. The topological polar surface area (TPSA) is 49.9 Å². The summed E-state index contributed by atoms with van der Waals surface area (Å²) in [6.07, 6.45) is 0. The zero-order chi connectivity index (χ0) is 20.4. The Balaban J connectivity index is 1.59. The normalized spacial score (nSPS) is 22.0. The van der Waals surface area contributed by atoms with Gasteiger partial charge in [0.25, 0.3) is 5.91 Å². The van der Waals surface area contributed by atoms with E-state index in [1.165, 1.54) is 5.56 Å². The lowest BCUT2D eigenvalue weighted by atomic mass is 9.87. The fourth-order valence-electron chi connectivity index (χ4n) is 4.16. The highest BCUT2D eigenvalue weighted by molar-refractivity contribution is 6.30. The Bertz CT molecular complexity index is 876. The van der Waals surface area contributed by atoms with Gasteiger partial charge in [0.2, 0.25) is 5.91 Å². The van der Waals surface area contributed by atoms with Crippen LogP contribution in [0, 0.1) is 12.8 Å². The van der Waals surface area contributed by atoms with Crippen molar-refractivity contribution in [2.75, 3.05) is 39.4 Å². The first-order valence-electron chi connectivity index (χ1n) is 10.0. The smallest absolute Gasteiger partial charge is 0.253 e. The minimum absolute atomic E-state index is 0.0119. The van der Waals surface area contributed by atoms with Gasteiger partial charge in [-0.15, -0.1) is 0 Å². The molecule has 2 unspecified atom stereocenters. The SMILES string of the molecule is Cc1ccc(C2CN(C(=O)c3ccc(Cl)cc3)CC2C(=O)N2CCOCC2)cc1. The van der Waals surface area contributed by atoms with Crippen molar-refractivity contribution < 1.29 is 14.3 Å². The van der Waals surface area contributed by atoms with E-state index in [2.05, 4.69) is 24.3 Å². The lowest BCUT2D eigenvalue weighted by Gasteiger charge is -2.30. The molecule has 2 atom stereocenters. The second-order valence-electron chi connectivity index (χ2n) is 7.78. The van der Waals surface area contributed by atoms with Crippen LogP contribution >= 0.6 is 11.6 Å². The lowest BCUT2D eigenvalue weighted by molar-refractivity contribution is -0.139. The van der Waals surface area contributed by atoms with Crippen molar-refractivity contribution >= 4 is 23.4 Å². The Morgan fingerprint density at radius 1 is 0.931 bits per heavy atom. The largest absolute Gasteiger partial charge is 0.378 e. The maximum absolute atomic E-state index is 13.3. The number of benzene rings is 2. The van der Waals surface area contributed by atoms with E-state index in [4.69, 9.17) is 16.3 Å². The molecule has 2 saturated heterocycles. The van der Waals surface area contributed by atoms with Crippen molar-refractivity contribution in [2.45, 2.75) is 12.8 Å². The number of ether oxygens (including phenoxy) is 1. The third kappa shape index (κ3) is 4.31. The van der Waals surface area contributed by atoms with Crippen LogP contribution in [0.3, 0.4) is 0 Å². The summed E-state index contributed by atoms with van der Waals surface area (Å²) in [6, 6.07) is 15.2. The standard InChI is InChI=1S/C23H25ClN2O3/c1-16-2-4-17(5-3-16)20-14-26(22(27)18-6-8-19(24)9-7-18)15-21(20)23(28)25-10-12-29-13-11-25/h2-9,20-21H,10-15H2,1H3. The highest BCUT2D eigenvalue weighted by atomic mass is 35.5. The van der Waals surface area contributed by atoms with E-state index in [1.807, 2.05) is 11.8 Å². The molecule has 152 valence electrons. The third-order valence-corrected chi connectivity index (χ3v) is 6.10. The molecule has 2 aromatic rings. The Morgan fingerprint density at radius 2 is 1.59 bits per heavy atom. The van der Waals surface area contributed by atoms with Crippen LogP contribution in [-0.4, -0.2) is 61.0 Å². The van der Waals surface area contributed by atoms with Gasteiger partial charge in [-0.05, 0) is 36.8 Å². The highest BCUT2D eigenvalue weighted by Crippen LogP contribution is 2.35. The summed E-state index contributed by atoms with van der Waals surface area (Å²) in [6.45, 7) is 5.37. The third-order valence-electron chi connectivity index (χ3n) is 5.84. The number of likely N-dealkylation sites (tertiary alicyclic amines) is 1. The fraction of sp³-hybridized carbons (Fsp3) is 0.391. The number of aryl methyl sites for hydroxylation is 1. The number of carbonyl (C=O) groups is 2. The van der Waals surface area contributed by atoms with E-state index in [-0.39, 0.29) is 23.7 Å². The van der Waals surface area contributed by atoms with Crippen molar-refractivity contribution in [1.82, 2.24) is 9.80 Å². The van der Waals surface area contributed by atoms with Crippen LogP contribution in [0.2, 0.25) is 5.02 Å². The molecule has 2 fully saturated rings. The van der Waals surface area contributed by atoms with Crippen LogP contribution in [0.1, 0.15) is 27.4 Å². The summed E-state index contributed by atoms with van der Waals surface area (Å²) in [5, 5.41) is 0.598. The Hall–Kier alpha value is -2.37. The number of nitrogens with zero attached hydrogens (tertiary/aromatic N) is 2. The number of morpholine rings is 1. The van der Waals surface area contributed by atoms with Crippen LogP contribution in [0.25, 0.3) is 0 Å². The van der Waals surface area contributed by atoms with Crippen LogP contribution in [0.15, 0.2) is 48.5 Å². The van der Waals surface area contributed by atoms with E-state index in [0.29, 0.717) is 50.0 Å². The molecule has 0 spiro atoms. The predicted molar refractivity (Wildman–Crippen MR) is 112 cm³/mol. The van der Waals surface area contributed by atoms with Crippen molar-refractivity contribution in [3.63, 3.8) is 0 Å². The van der Waals surface area contributed by atoms with Crippen molar-refractivity contribution in [3.05, 3.63) is 70.2 Å². The molecule has 2 aromatic carbocycles. The quantitative estimate of drug-likeness (QED) is 0.776. The Kier molecular flexibility index (Phi) is 5.88.